The van der Waals surface area contributed by atoms with Crippen LogP contribution in [0, 0.1) is 5.82 Å². The molecule has 2 N–H and O–H groups in total. The third kappa shape index (κ3) is 4.69. The zero-order valence-electron chi connectivity index (χ0n) is 9.73. The van der Waals surface area contributed by atoms with E-state index in [4.69, 9.17) is 4.74 Å². The van der Waals surface area contributed by atoms with Crippen molar-refractivity contribution in [1.82, 2.24) is 10.9 Å². The number of carbonyl (C=O) groups excluding carboxylic acids is 2. The van der Waals surface area contributed by atoms with Crippen LogP contribution in [0.1, 0.15) is 6.92 Å². The highest BCUT2D eigenvalue weighted by Crippen LogP contribution is 2.14. The largest absolute Gasteiger partial charge is 0.481 e. The Bertz CT molecular complexity index is 425. The van der Waals surface area contributed by atoms with Crippen LogP contribution in [-0.4, -0.2) is 25.2 Å². The van der Waals surface area contributed by atoms with E-state index in [9.17, 15) is 14.0 Å². The Morgan fingerprint density at radius 2 is 2.00 bits per heavy atom. The smallest absolute Gasteiger partial charge is 0.426 e. The molecule has 0 aliphatic heterocycles. The molecule has 0 saturated carbocycles. The standard InChI is InChI=1S/C11H13FN2O4/c1-2-17-11(16)14-13-10(15)7-18-9-6-4-3-5-8(9)12/h3-6H,2,7H2,1H3,(H,13,15)(H,14,16). The second-order valence-corrected chi connectivity index (χ2v) is 3.11. The second-order valence-electron chi connectivity index (χ2n) is 3.11. The van der Waals surface area contributed by atoms with Crippen LogP contribution in [0.2, 0.25) is 0 Å². The van der Waals surface area contributed by atoms with Crippen LogP contribution < -0.4 is 15.6 Å². The van der Waals surface area contributed by atoms with E-state index in [1.807, 2.05) is 10.9 Å². The van der Waals surface area contributed by atoms with Crippen LogP contribution in [-0.2, 0) is 9.53 Å². The number of amides is 2. The van der Waals surface area contributed by atoms with Gasteiger partial charge < -0.3 is 9.47 Å². The Kier molecular flexibility index (Phi) is 5.43. The molecule has 0 bridgehead atoms. The average molecular weight is 256 g/mol. The molecule has 1 aromatic carbocycles. The van der Waals surface area contributed by atoms with Crippen LogP contribution in [0.15, 0.2) is 24.3 Å². The molecule has 2 amide bonds. The van der Waals surface area contributed by atoms with Gasteiger partial charge in [-0.25, -0.2) is 14.6 Å². The van der Waals surface area contributed by atoms with E-state index in [0.717, 1.165) is 0 Å². The third-order valence-electron chi connectivity index (χ3n) is 1.77. The maximum absolute atomic E-state index is 13.1. The topological polar surface area (TPSA) is 76.7 Å². The average Bonchev–Trinajstić information content (AvgIpc) is 2.36. The zero-order valence-corrected chi connectivity index (χ0v) is 9.73. The number of ether oxygens (including phenoxy) is 2. The van der Waals surface area contributed by atoms with Crippen LogP contribution in [0.4, 0.5) is 9.18 Å². The number of hydrazine groups is 1. The summed E-state index contributed by atoms with van der Waals surface area (Å²) in [5, 5.41) is 0. The normalized spacial score (nSPS) is 9.44. The first-order chi connectivity index (χ1) is 8.63. The van der Waals surface area contributed by atoms with E-state index in [2.05, 4.69) is 4.74 Å². The van der Waals surface area contributed by atoms with E-state index in [1.54, 1.807) is 13.0 Å². The van der Waals surface area contributed by atoms with Gasteiger partial charge in [-0.3, -0.25) is 10.2 Å². The van der Waals surface area contributed by atoms with Gasteiger partial charge in [0.25, 0.3) is 5.91 Å². The molecule has 1 aromatic rings. The SMILES string of the molecule is CCOC(=O)NNC(=O)COc1ccccc1F. The summed E-state index contributed by atoms with van der Waals surface area (Å²) in [5.41, 5.74) is 4.05. The molecular weight excluding hydrogens is 243 g/mol. The van der Waals surface area contributed by atoms with Gasteiger partial charge in [0.2, 0.25) is 0 Å². The third-order valence-corrected chi connectivity index (χ3v) is 1.77. The van der Waals surface area contributed by atoms with Crippen molar-refractivity contribution in [3.05, 3.63) is 30.1 Å². The minimum atomic E-state index is -0.781. The molecule has 0 heterocycles. The maximum Gasteiger partial charge on any atom is 0.426 e. The van der Waals surface area contributed by atoms with Crippen LogP contribution in [0.25, 0.3) is 0 Å². The molecule has 6 nitrogen and oxygen atoms in total. The number of para-hydroxylation sites is 1. The lowest BCUT2D eigenvalue weighted by Crippen LogP contribution is -2.44. The Hall–Kier alpha value is -2.31. The van der Waals surface area contributed by atoms with Crippen LogP contribution >= 0.6 is 0 Å². The number of hydrogen-bond acceptors (Lipinski definition) is 4. The van der Waals surface area contributed by atoms with Crippen molar-refractivity contribution >= 4 is 12.0 Å². The minimum Gasteiger partial charge on any atom is -0.481 e. The summed E-state index contributed by atoms with van der Waals surface area (Å²) in [6, 6.07) is 5.68. The van der Waals surface area contributed by atoms with Gasteiger partial charge in [-0.2, -0.15) is 0 Å². The van der Waals surface area contributed by atoms with Crippen LogP contribution in [0.3, 0.4) is 0 Å². The number of carbonyl (C=O) groups is 2. The summed E-state index contributed by atoms with van der Waals surface area (Å²) < 4.78 is 22.5. The number of rotatable bonds is 4. The lowest BCUT2D eigenvalue weighted by atomic mass is 10.3. The number of halogens is 1. The first-order valence-corrected chi connectivity index (χ1v) is 5.22. The Morgan fingerprint density at radius 3 is 2.67 bits per heavy atom. The van der Waals surface area contributed by atoms with E-state index in [-0.39, 0.29) is 12.4 Å². The molecular formula is C11H13FN2O4. The van der Waals surface area contributed by atoms with Gasteiger partial charge >= 0.3 is 6.09 Å². The van der Waals surface area contributed by atoms with Crippen molar-refractivity contribution in [1.29, 1.82) is 0 Å². The van der Waals surface area contributed by atoms with E-state index in [0.29, 0.717) is 0 Å². The van der Waals surface area contributed by atoms with Crippen LogP contribution in [0.5, 0.6) is 5.75 Å². The highest BCUT2D eigenvalue weighted by atomic mass is 19.1. The van der Waals surface area contributed by atoms with Crippen molar-refractivity contribution in [2.45, 2.75) is 6.92 Å². The summed E-state index contributed by atoms with van der Waals surface area (Å²) >= 11 is 0. The van der Waals surface area contributed by atoms with Gasteiger partial charge in [0.05, 0.1) is 6.61 Å². The van der Waals surface area contributed by atoms with Crippen molar-refractivity contribution < 1.29 is 23.5 Å². The zero-order chi connectivity index (χ0) is 13.4. The quantitative estimate of drug-likeness (QED) is 0.787. The van der Waals surface area contributed by atoms with Gasteiger partial charge in [0, 0.05) is 0 Å². The van der Waals surface area contributed by atoms with Crippen molar-refractivity contribution in [2.24, 2.45) is 0 Å². The predicted molar refractivity (Wildman–Crippen MR) is 60.2 cm³/mol. The second kappa shape index (κ2) is 7.10. The van der Waals surface area contributed by atoms with Crippen molar-refractivity contribution in [3.8, 4) is 5.75 Å². The van der Waals surface area contributed by atoms with E-state index >= 15 is 0 Å². The highest BCUT2D eigenvalue weighted by Gasteiger charge is 2.07. The summed E-state index contributed by atoms with van der Waals surface area (Å²) in [7, 11) is 0. The molecule has 18 heavy (non-hydrogen) atoms. The van der Waals surface area contributed by atoms with Gasteiger partial charge in [-0.15, -0.1) is 0 Å². The van der Waals surface area contributed by atoms with Crippen molar-refractivity contribution in [3.63, 3.8) is 0 Å². The molecule has 0 aromatic heterocycles. The molecule has 0 aliphatic rings. The molecule has 0 aliphatic carbocycles. The fraction of sp³-hybridized carbons (Fsp3) is 0.273. The molecule has 1 rings (SSSR count). The summed E-state index contributed by atoms with van der Waals surface area (Å²) in [4.78, 5) is 22.0. The maximum atomic E-state index is 13.1. The predicted octanol–water partition coefficient (Wildman–Crippen LogP) is 0.982. The van der Waals surface area contributed by atoms with Crippen molar-refractivity contribution in [2.75, 3.05) is 13.2 Å². The molecule has 0 fully saturated rings. The molecule has 98 valence electrons. The first kappa shape index (κ1) is 13.8. The van der Waals surface area contributed by atoms with Gasteiger partial charge in [-0.05, 0) is 19.1 Å². The van der Waals surface area contributed by atoms with Gasteiger partial charge in [0.15, 0.2) is 18.2 Å². The number of hydrogen-bond donors (Lipinski definition) is 2. The molecule has 7 heteroatoms. The minimum absolute atomic E-state index is 0.0382. The summed E-state index contributed by atoms with van der Waals surface area (Å²) in [6.45, 7) is 1.39. The fourth-order valence-corrected chi connectivity index (χ4v) is 1.03. The molecule has 0 atom stereocenters. The first-order valence-electron chi connectivity index (χ1n) is 5.22. The Labute approximate surface area is 103 Å². The lowest BCUT2D eigenvalue weighted by molar-refractivity contribution is -0.124. The summed E-state index contributed by atoms with van der Waals surface area (Å²) in [5.74, 6) is -1.24. The van der Waals surface area contributed by atoms with E-state index < -0.39 is 24.4 Å². The monoisotopic (exact) mass is 256 g/mol. The van der Waals surface area contributed by atoms with E-state index in [1.165, 1.54) is 18.2 Å². The van der Waals surface area contributed by atoms with Gasteiger partial charge in [0.1, 0.15) is 0 Å². The number of benzene rings is 1. The highest BCUT2D eigenvalue weighted by molar-refractivity contribution is 5.80. The fourth-order valence-electron chi connectivity index (χ4n) is 1.03. The Morgan fingerprint density at radius 1 is 1.28 bits per heavy atom. The Balaban J connectivity index is 2.29. The summed E-state index contributed by atoms with van der Waals surface area (Å²) in [6.07, 6.45) is -0.781. The van der Waals surface area contributed by atoms with Gasteiger partial charge in [-0.1, -0.05) is 12.1 Å². The lowest BCUT2D eigenvalue weighted by Gasteiger charge is -2.08. The molecule has 0 saturated heterocycles. The number of nitrogens with one attached hydrogen (secondary N) is 2. The molecule has 0 radical (unpaired) electrons. The molecule has 0 spiro atoms. The molecule has 0 unspecified atom stereocenters.